The maximum atomic E-state index is 12.9. The molecule has 4 heterocycles. The van der Waals surface area contributed by atoms with Gasteiger partial charge in [-0.1, -0.05) is 72.8 Å². The largest absolute Gasteiger partial charge is 0.465 e. The summed E-state index contributed by atoms with van der Waals surface area (Å²) in [5, 5.41) is 8.72. The summed E-state index contributed by atoms with van der Waals surface area (Å²) in [6.07, 6.45) is 0. The van der Waals surface area contributed by atoms with Gasteiger partial charge in [-0.25, -0.2) is 4.79 Å². The van der Waals surface area contributed by atoms with Crippen LogP contribution in [0.2, 0.25) is 0 Å². The second-order valence-corrected chi connectivity index (χ2v) is 15.9. The lowest BCUT2D eigenvalue weighted by Crippen LogP contribution is -2.56. The van der Waals surface area contributed by atoms with E-state index in [9.17, 15) is 24.0 Å². The number of carbonyl (C=O) groups is 5. The van der Waals surface area contributed by atoms with Gasteiger partial charge in [-0.15, -0.1) is 0 Å². The molecule has 0 aliphatic carbocycles. The predicted octanol–water partition coefficient (Wildman–Crippen LogP) is 8.21. The lowest BCUT2D eigenvalue weighted by atomic mass is 10.0. The first-order valence-corrected chi connectivity index (χ1v) is 21.4. The van der Waals surface area contributed by atoms with Crippen LogP contribution >= 0.6 is 0 Å². The fourth-order valence-corrected chi connectivity index (χ4v) is 7.58. The Balaban J connectivity index is 0.000000175. The Morgan fingerprint density at radius 3 is 1.46 bits per heavy atom. The molecule has 334 valence electrons. The topological polar surface area (TPSA) is 158 Å². The van der Waals surface area contributed by atoms with Crippen molar-refractivity contribution in [2.75, 3.05) is 52.9 Å². The number of nitriles is 1. The number of hydrogen-bond donors (Lipinski definition) is 0. The number of methoxy groups -OCH3 is 1. The standard InChI is InChI=1S/C25H24N2O4.C14H17N3O.C13H12O3/c1-17-16-26(24(29)21-6-4-3-5-7-21)14-15-27(17)25(30)23(28)20-11-9-19(10-12-20)22-13-8-18(2)31-22;1-12-11-17(10-9-16(12)8-7-15)14(18)13-5-3-2-4-6-13;1-9-3-8-12(16-9)10-4-6-11(7-5-10)13(14)15-2/h3-13,17H,14-16H2,1-2H3;2-6,12H,8-11H2,1H3;3-8H,1-2H3. The van der Waals surface area contributed by atoms with Gasteiger partial charge in [0, 0.05) is 79.2 Å². The van der Waals surface area contributed by atoms with E-state index in [4.69, 9.17) is 14.1 Å². The molecule has 0 saturated carbocycles. The molecular formula is C52H53N5O8. The van der Waals surface area contributed by atoms with Crippen LogP contribution < -0.4 is 0 Å². The molecule has 0 bridgehead atoms. The van der Waals surface area contributed by atoms with E-state index in [0.29, 0.717) is 56.0 Å². The number of furan rings is 2. The number of piperazine rings is 2. The van der Waals surface area contributed by atoms with Gasteiger partial charge in [0.15, 0.2) is 0 Å². The van der Waals surface area contributed by atoms with Crippen molar-refractivity contribution in [1.29, 1.82) is 5.26 Å². The van der Waals surface area contributed by atoms with Gasteiger partial charge < -0.3 is 28.3 Å². The predicted molar refractivity (Wildman–Crippen MR) is 246 cm³/mol. The highest BCUT2D eigenvalue weighted by molar-refractivity contribution is 6.42. The molecule has 0 radical (unpaired) electrons. The van der Waals surface area contributed by atoms with E-state index in [0.717, 1.165) is 46.3 Å². The zero-order valence-corrected chi connectivity index (χ0v) is 37.3. The van der Waals surface area contributed by atoms with Crippen LogP contribution in [0, 0.1) is 25.2 Å². The second-order valence-electron chi connectivity index (χ2n) is 15.9. The number of rotatable bonds is 8. The Hall–Kier alpha value is -7.56. The Morgan fingerprint density at radius 2 is 1.05 bits per heavy atom. The molecule has 2 fully saturated rings. The minimum absolute atomic E-state index is 0.0605. The van der Waals surface area contributed by atoms with Crippen molar-refractivity contribution >= 4 is 29.5 Å². The average molecular weight is 876 g/mol. The summed E-state index contributed by atoms with van der Waals surface area (Å²) in [4.78, 5) is 69.1. The first-order chi connectivity index (χ1) is 31.4. The Kier molecular flexibility index (Phi) is 16.0. The molecule has 3 amide bonds. The molecule has 2 aliphatic rings. The van der Waals surface area contributed by atoms with Crippen LogP contribution in [-0.4, -0.2) is 114 Å². The molecule has 0 spiro atoms. The van der Waals surface area contributed by atoms with E-state index < -0.39 is 11.7 Å². The Morgan fingerprint density at radius 1 is 0.585 bits per heavy atom. The summed E-state index contributed by atoms with van der Waals surface area (Å²) in [6.45, 7) is 11.4. The Bertz CT molecular complexity index is 2600. The maximum Gasteiger partial charge on any atom is 0.337 e. The highest BCUT2D eigenvalue weighted by Gasteiger charge is 2.33. The van der Waals surface area contributed by atoms with Crippen molar-refractivity contribution < 1.29 is 37.5 Å². The van der Waals surface area contributed by atoms with E-state index in [1.54, 1.807) is 58.3 Å². The second kappa shape index (κ2) is 22.2. The van der Waals surface area contributed by atoms with Crippen LogP contribution in [0.25, 0.3) is 22.6 Å². The number of esters is 1. The summed E-state index contributed by atoms with van der Waals surface area (Å²) in [5.74, 6) is 1.80. The third-order valence-electron chi connectivity index (χ3n) is 11.2. The highest BCUT2D eigenvalue weighted by atomic mass is 16.5. The lowest BCUT2D eigenvalue weighted by Gasteiger charge is -2.39. The van der Waals surface area contributed by atoms with Crippen LogP contribution in [0.5, 0.6) is 0 Å². The van der Waals surface area contributed by atoms with Gasteiger partial charge >= 0.3 is 5.97 Å². The van der Waals surface area contributed by atoms with E-state index >= 15 is 0 Å². The molecule has 0 N–H and O–H groups in total. The summed E-state index contributed by atoms with van der Waals surface area (Å²) < 4.78 is 15.7. The highest BCUT2D eigenvalue weighted by Crippen LogP contribution is 2.24. The monoisotopic (exact) mass is 875 g/mol. The Labute approximate surface area is 379 Å². The van der Waals surface area contributed by atoms with Crippen LogP contribution in [0.1, 0.15) is 66.8 Å². The number of nitrogens with zero attached hydrogens (tertiary/aromatic N) is 5. The number of aryl methyl sites for hydroxylation is 2. The fraction of sp³-hybridized carbons (Fsp3) is 0.269. The molecule has 2 saturated heterocycles. The molecule has 8 rings (SSSR count). The summed E-state index contributed by atoms with van der Waals surface area (Å²) in [6, 6.07) is 42.1. The van der Waals surface area contributed by atoms with Crippen LogP contribution in [0.3, 0.4) is 0 Å². The van der Waals surface area contributed by atoms with E-state index in [2.05, 4.69) is 22.6 Å². The smallest absolute Gasteiger partial charge is 0.337 e. The van der Waals surface area contributed by atoms with Crippen molar-refractivity contribution in [3.63, 3.8) is 0 Å². The normalized spacial score (nSPS) is 15.9. The number of hydrogen-bond acceptors (Lipinski definition) is 10. The van der Waals surface area contributed by atoms with Gasteiger partial charge in [-0.05, 0) is 88.4 Å². The molecule has 2 unspecified atom stereocenters. The van der Waals surface area contributed by atoms with E-state index in [1.807, 2.05) is 111 Å². The van der Waals surface area contributed by atoms with Gasteiger partial charge in [0.25, 0.3) is 17.7 Å². The maximum absolute atomic E-state index is 12.9. The zero-order valence-electron chi connectivity index (χ0n) is 37.3. The number of Topliss-reactive ketones (excluding diaryl/α,β-unsaturated/α-hetero) is 1. The van der Waals surface area contributed by atoms with Crippen molar-refractivity contribution in [2.45, 2.75) is 39.8 Å². The minimum atomic E-state index is -0.545. The number of carbonyl (C=O) groups excluding carboxylic acids is 5. The number of benzene rings is 4. The minimum Gasteiger partial charge on any atom is -0.465 e. The van der Waals surface area contributed by atoms with Crippen molar-refractivity contribution in [3.8, 4) is 28.7 Å². The number of amides is 3. The van der Waals surface area contributed by atoms with Gasteiger partial charge in [-0.3, -0.25) is 24.1 Å². The van der Waals surface area contributed by atoms with Gasteiger partial charge in [0.2, 0.25) is 5.78 Å². The fourth-order valence-electron chi connectivity index (χ4n) is 7.58. The summed E-state index contributed by atoms with van der Waals surface area (Å²) in [7, 11) is 1.37. The van der Waals surface area contributed by atoms with Gasteiger partial charge in [-0.2, -0.15) is 5.26 Å². The van der Waals surface area contributed by atoms with E-state index in [-0.39, 0.29) is 29.9 Å². The van der Waals surface area contributed by atoms with Crippen LogP contribution in [0.4, 0.5) is 0 Å². The van der Waals surface area contributed by atoms with Gasteiger partial charge in [0.1, 0.15) is 23.0 Å². The molecule has 6 aromatic rings. The molecule has 13 heteroatoms. The van der Waals surface area contributed by atoms with Crippen molar-refractivity contribution in [2.24, 2.45) is 0 Å². The zero-order chi connectivity index (χ0) is 46.5. The molecular weight excluding hydrogens is 823 g/mol. The molecule has 2 atom stereocenters. The number of ether oxygens (including phenoxy) is 1. The molecule has 65 heavy (non-hydrogen) atoms. The molecule has 13 nitrogen and oxygen atoms in total. The van der Waals surface area contributed by atoms with Crippen LogP contribution in [0.15, 0.2) is 142 Å². The van der Waals surface area contributed by atoms with E-state index in [1.165, 1.54) is 7.11 Å². The number of ketones is 1. The molecule has 2 aromatic heterocycles. The molecule has 4 aromatic carbocycles. The first kappa shape index (κ1) is 46.9. The third-order valence-corrected chi connectivity index (χ3v) is 11.2. The average Bonchev–Trinajstić information content (AvgIpc) is 4.00. The SMILES string of the molecule is CC1CN(C(=O)c2ccccc2)CCN1CC#N.COC(=O)c1ccc(-c2ccc(C)o2)cc1.Cc1ccc(-c2ccc(C(=O)C(=O)N3CCN(C(=O)c4ccccc4)CC3C)cc2)o1. The van der Waals surface area contributed by atoms with Gasteiger partial charge in [0.05, 0.1) is 25.3 Å². The molecule has 2 aliphatic heterocycles. The quantitative estimate of drug-likeness (QED) is 0.0632. The summed E-state index contributed by atoms with van der Waals surface area (Å²) in [5.41, 5.74) is 4.02. The van der Waals surface area contributed by atoms with Crippen molar-refractivity contribution in [1.82, 2.24) is 19.6 Å². The first-order valence-electron chi connectivity index (χ1n) is 21.4. The lowest BCUT2D eigenvalue weighted by molar-refractivity contribution is -0.130. The van der Waals surface area contributed by atoms with Crippen molar-refractivity contribution in [3.05, 3.63) is 167 Å². The van der Waals surface area contributed by atoms with Crippen LogP contribution in [-0.2, 0) is 9.53 Å². The summed E-state index contributed by atoms with van der Waals surface area (Å²) >= 11 is 0. The third kappa shape index (κ3) is 12.1.